The van der Waals surface area contributed by atoms with Crippen LogP contribution in [0.3, 0.4) is 0 Å². The third kappa shape index (κ3) is 4.77. The van der Waals surface area contributed by atoms with Crippen molar-refractivity contribution in [2.24, 2.45) is 0 Å². The third-order valence-corrected chi connectivity index (χ3v) is 5.04. The van der Waals surface area contributed by atoms with Gasteiger partial charge in [0, 0.05) is 19.1 Å². The van der Waals surface area contributed by atoms with E-state index in [4.69, 9.17) is 4.74 Å². The molecule has 1 aromatic rings. The summed E-state index contributed by atoms with van der Waals surface area (Å²) in [4.78, 5) is 0. The van der Waals surface area contributed by atoms with Gasteiger partial charge in [0.25, 0.3) is 10.2 Å². The van der Waals surface area contributed by atoms with Crippen LogP contribution in [0.1, 0.15) is 26.3 Å². The third-order valence-electron chi connectivity index (χ3n) is 3.16. The molecular formula is C14H24N2O3S. The van der Waals surface area contributed by atoms with Crippen molar-refractivity contribution in [3.63, 3.8) is 0 Å². The van der Waals surface area contributed by atoms with Crippen molar-refractivity contribution in [2.75, 3.05) is 14.2 Å². The molecule has 1 aromatic carbocycles. The summed E-state index contributed by atoms with van der Waals surface area (Å²) >= 11 is 0. The van der Waals surface area contributed by atoms with Gasteiger partial charge in [-0.05, 0) is 44.9 Å². The van der Waals surface area contributed by atoms with E-state index in [1.165, 1.54) is 4.31 Å². The van der Waals surface area contributed by atoms with Gasteiger partial charge in [-0.15, -0.1) is 0 Å². The molecule has 0 unspecified atom stereocenters. The minimum absolute atomic E-state index is 0.0688. The van der Waals surface area contributed by atoms with Crippen LogP contribution in [-0.2, 0) is 16.6 Å². The Morgan fingerprint density at radius 1 is 1.20 bits per heavy atom. The second-order valence-electron chi connectivity index (χ2n) is 5.19. The molecule has 0 radical (unpaired) electrons. The molecule has 1 rings (SSSR count). The summed E-state index contributed by atoms with van der Waals surface area (Å²) in [6, 6.07) is 7.38. The summed E-state index contributed by atoms with van der Waals surface area (Å²) in [5.41, 5.74) is 1.06. The number of hydrogen-bond donors (Lipinski definition) is 1. The summed E-state index contributed by atoms with van der Waals surface area (Å²) in [6.45, 7) is 5.54. The number of nitrogens with zero attached hydrogens (tertiary/aromatic N) is 1. The van der Waals surface area contributed by atoms with Gasteiger partial charge in [-0.2, -0.15) is 17.4 Å². The highest BCUT2D eigenvalue weighted by Gasteiger charge is 2.22. The van der Waals surface area contributed by atoms with Gasteiger partial charge in [-0.3, -0.25) is 0 Å². The van der Waals surface area contributed by atoms with Crippen molar-refractivity contribution in [2.45, 2.75) is 39.3 Å². The number of nitrogens with one attached hydrogen (secondary N) is 1. The molecule has 1 N–H and O–H groups in total. The Kier molecular flexibility index (Phi) is 5.98. The van der Waals surface area contributed by atoms with Crippen LogP contribution >= 0.6 is 0 Å². The van der Waals surface area contributed by atoms with Crippen molar-refractivity contribution in [1.29, 1.82) is 0 Å². The minimum Gasteiger partial charge on any atom is -0.497 e. The molecule has 0 aliphatic carbocycles. The zero-order valence-electron chi connectivity index (χ0n) is 12.8. The lowest BCUT2D eigenvalue weighted by atomic mass is 10.1. The monoisotopic (exact) mass is 300 g/mol. The van der Waals surface area contributed by atoms with E-state index in [0.717, 1.165) is 11.3 Å². The predicted molar refractivity (Wildman–Crippen MR) is 81.1 cm³/mol. The maximum atomic E-state index is 12.1. The van der Waals surface area contributed by atoms with Crippen molar-refractivity contribution >= 4 is 10.2 Å². The minimum atomic E-state index is -3.43. The van der Waals surface area contributed by atoms with Crippen molar-refractivity contribution in [1.82, 2.24) is 9.03 Å². The Hall–Kier alpha value is -1.11. The Labute approximate surface area is 122 Å². The smallest absolute Gasteiger partial charge is 0.279 e. The Bertz CT molecular complexity index is 512. The van der Waals surface area contributed by atoms with E-state index in [9.17, 15) is 8.42 Å². The zero-order valence-corrected chi connectivity index (χ0v) is 13.6. The average molecular weight is 300 g/mol. The molecule has 0 bridgehead atoms. The molecule has 6 heteroatoms. The molecule has 0 spiro atoms. The Balaban J connectivity index is 2.65. The van der Waals surface area contributed by atoms with Gasteiger partial charge in [0.1, 0.15) is 5.75 Å². The van der Waals surface area contributed by atoms with E-state index in [1.54, 1.807) is 14.2 Å². The first-order valence-electron chi connectivity index (χ1n) is 6.64. The fourth-order valence-electron chi connectivity index (χ4n) is 1.77. The van der Waals surface area contributed by atoms with Crippen LogP contribution in [0.5, 0.6) is 5.75 Å². The summed E-state index contributed by atoms with van der Waals surface area (Å²) in [6.07, 6.45) is 0.634. The highest BCUT2D eigenvalue weighted by molar-refractivity contribution is 7.87. The van der Waals surface area contributed by atoms with E-state index in [1.807, 2.05) is 45.0 Å². The van der Waals surface area contributed by atoms with Gasteiger partial charge in [0.2, 0.25) is 0 Å². The molecule has 0 aliphatic heterocycles. The lowest BCUT2D eigenvalue weighted by Crippen LogP contribution is -2.45. The van der Waals surface area contributed by atoms with Crippen LogP contribution in [0.2, 0.25) is 0 Å². The molecule has 114 valence electrons. The molecular weight excluding hydrogens is 276 g/mol. The fourth-order valence-corrected chi connectivity index (χ4v) is 3.08. The second kappa shape index (κ2) is 7.06. The first kappa shape index (κ1) is 16.9. The van der Waals surface area contributed by atoms with Crippen LogP contribution in [0.25, 0.3) is 0 Å². The molecule has 5 nitrogen and oxygen atoms in total. The number of hydrogen-bond acceptors (Lipinski definition) is 3. The molecule has 0 aliphatic rings. The lowest BCUT2D eigenvalue weighted by Gasteiger charge is -2.24. The summed E-state index contributed by atoms with van der Waals surface area (Å²) in [5.74, 6) is 0.793. The molecule has 0 heterocycles. The fraction of sp³-hybridized carbons (Fsp3) is 0.571. The molecule has 1 atom stereocenters. The largest absolute Gasteiger partial charge is 0.497 e. The van der Waals surface area contributed by atoms with Gasteiger partial charge in [0.15, 0.2) is 0 Å². The van der Waals surface area contributed by atoms with E-state index < -0.39 is 10.2 Å². The molecule has 0 aromatic heterocycles. The molecule has 0 amide bonds. The van der Waals surface area contributed by atoms with Gasteiger partial charge in [-0.1, -0.05) is 12.1 Å². The first-order chi connectivity index (χ1) is 9.26. The molecule has 0 fully saturated rings. The van der Waals surface area contributed by atoms with Crippen LogP contribution in [0, 0.1) is 0 Å². The van der Waals surface area contributed by atoms with E-state index in [-0.39, 0.29) is 12.1 Å². The lowest BCUT2D eigenvalue weighted by molar-refractivity contribution is 0.397. The first-order valence-corrected chi connectivity index (χ1v) is 8.08. The van der Waals surface area contributed by atoms with Crippen molar-refractivity contribution in [3.8, 4) is 5.75 Å². The Morgan fingerprint density at radius 2 is 1.75 bits per heavy atom. The second-order valence-corrected chi connectivity index (χ2v) is 6.95. The van der Waals surface area contributed by atoms with Gasteiger partial charge in [-0.25, -0.2) is 0 Å². The van der Waals surface area contributed by atoms with Crippen LogP contribution in [0.4, 0.5) is 0 Å². The van der Waals surface area contributed by atoms with E-state index >= 15 is 0 Å². The summed E-state index contributed by atoms with van der Waals surface area (Å²) in [7, 11) is -0.238. The van der Waals surface area contributed by atoms with E-state index in [0.29, 0.717) is 6.42 Å². The van der Waals surface area contributed by atoms with Crippen molar-refractivity contribution < 1.29 is 13.2 Å². The van der Waals surface area contributed by atoms with Crippen LogP contribution < -0.4 is 9.46 Å². The maximum absolute atomic E-state index is 12.1. The SMILES string of the molecule is COc1ccc(C[C@@H](C)NS(=O)(=O)N(C)C(C)C)cc1. The maximum Gasteiger partial charge on any atom is 0.279 e. The molecule has 0 saturated heterocycles. The van der Waals surface area contributed by atoms with Crippen LogP contribution in [0.15, 0.2) is 24.3 Å². The molecule has 0 saturated carbocycles. The highest BCUT2D eigenvalue weighted by Crippen LogP contribution is 2.13. The van der Waals surface area contributed by atoms with Crippen LogP contribution in [-0.4, -0.2) is 39.0 Å². The predicted octanol–water partition coefficient (Wildman–Crippen LogP) is 1.80. The van der Waals surface area contributed by atoms with Gasteiger partial charge >= 0.3 is 0 Å². The normalized spacial score (nSPS) is 13.8. The standard InChI is InChI=1S/C14H24N2O3S/c1-11(2)16(4)20(17,18)15-12(3)10-13-6-8-14(19-5)9-7-13/h6-9,11-12,15H,10H2,1-5H3/t12-/m1/s1. The van der Waals surface area contributed by atoms with Crippen molar-refractivity contribution in [3.05, 3.63) is 29.8 Å². The summed E-state index contributed by atoms with van der Waals surface area (Å²) in [5, 5.41) is 0. The number of rotatable bonds is 7. The number of benzene rings is 1. The van der Waals surface area contributed by atoms with Gasteiger partial charge in [0.05, 0.1) is 7.11 Å². The average Bonchev–Trinajstić information content (AvgIpc) is 2.37. The topological polar surface area (TPSA) is 58.6 Å². The number of ether oxygens (including phenoxy) is 1. The quantitative estimate of drug-likeness (QED) is 0.835. The van der Waals surface area contributed by atoms with E-state index in [2.05, 4.69) is 4.72 Å². The summed E-state index contributed by atoms with van der Waals surface area (Å²) < 4.78 is 33.2. The zero-order chi connectivity index (χ0) is 15.3. The number of methoxy groups -OCH3 is 1. The molecule has 20 heavy (non-hydrogen) atoms. The van der Waals surface area contributed by atoms with Gasteiger partial charge < -0.3 is 4.74 Å². The Morgan fingerprint density at radius 3 is 2.20 bits per heavy atom. The highest BCUT2D eigenvalue weighted by atomic mass is 32.2.